The zero-order valence-corrected chi connectivity index (χ0v) is 14.3. The van der Waals surface area contributed by atoms with Gasteiger partial charge in [0.05, 0.1) is 13.4 Å². The maximum atomic E-state index is 12.0. The molecule has 0 aliphatic heterocycles. The van der Waals surface area contributed by atoms with Crippen molar-refractivity contribution in [2.75, 3.05) is 31.8 Å². The molecule has 1 N–H and O–H groups in total. The number of sulfonamides is 1. The summed E-state index contributed by atoms with van der Waals surface area (Å²) in [4.78, 5) is 12.0. The highest BCUT2D eigenvalue weighted by Crippen LogP contribution is 2.17. The topological polar surface area (TPSA) is 75.7 Å². The summed E-state index contributed by atoms with van der Waals surface area (Å²) in [6.07, 6.45) is 1.27. The lowest BCUT2D eigenvalue weighted by molar-refractivity contribution is -0.116. The first-order chi connectivity index (χ1) is 10.2. The summed E-state index contributed by atoms with van der Waals surface area (Å²) < 4.78 is 29.8. The Bertz CT molecular complexity index is 599. The van der Waals surface area contributed by atoms with Crippen molar-refractivity contribution in [2.24, 2.45) is 5.92 Å². The molecule has 22 heavy (non-hydrogen) atoms. The van der Waals surface area contributed by atoms with E-state index >= 15 is 0 Å². The van der Waals surface area contributed by atoms with E-state index in [2.05, 4.69) is 5.32 Å². The van der Waals surface area contributed by atoms with Crippen molar-refractivity contribution in [1.82, 2.24) is 4.31 Å². The van der Waals surface area contributed by atoms with Gasteiger partial charge in [0.2, 0.25) is 15.9 Å². The van der Waals surface area contributed by atoms with E-state index in [1.54, 1.807) is 31.4 Å². The number of hydrogen-bond donors (Lipinski definition) is 1. The van der Waals surface area contributed by atoms with E-state index in [-0.39, 0.29) is 24.8 Å². The maximum Gasteiger partial charge on any atom is 0.225 e. The van der Waals surface area contributed by atoms with Crippen LogP contribution in [-0.4, -0.2) is 45.1 Å². The van der Waals surface area contributed by atoms with Crippen molar-refractivity contribution in [1.29, 1.82) is 0 Å². The summed E-state index contributed by atoms with van der Waals surface area (Å²) in [7, 11) is -1.75. The van der Waals surface area contributed by atoms with Gasteiger partial charge in [-0.3, -0.25) is 4.79 Å². The van der Waals surface area contributed by atoms with Crippen LogP contribution in [0.25, 0.3) is 0 Å². The first-order valence-electron chi connectivity index (χ1n) is 7.11. The summed E-state index contributed by atoms with van der Waals surface area (Å²) in [6.45, 7) is 4.46. The lowest BCUT2D eigenvalue weighted by Crippen LogP contribution is -2.35. The van der Waals surface area contributed by atoms with Crippen LogP contribution in [0.1, 0.15) is 20.3 Å². The minimum absolute atomic E-state index is 0.108. The molecular weight excluding hydrogens is 304 g/mol. The number of carbonyl (C=O) groups excluding carboxylic acids is 1. The minimum atomic E-state index is -3.31. The predicted octanol–water partition coefficient (Wildman–Crippen LogP) is 1.94. The molecule has 0 atom stereocenters. The van der Waals surface area contributed by atoms with E-state index in [1.807, 2.05) is 13.8 Å². The molecule has 1 aromatic rings. The largest absolute Gasteiger partial charge is 0.497 e. The summed E-state index contributed by atoms with van der Waals surface area (Å²) in [5, 5.41) is 2.74. The number of nitrogens with one attached hydrogen (secondary N) is 1. The van der Waals surface area contributed by atoms with Crippen molar-refractivity contribution < 1.29 is 17.9 Å². The van der Waals surface area contributed by atoms with E-state index in [0.717, 1.165) is 6.26 Å². The first-order valence-corrected chi connectivity index (χ1v) is 8.96. The Labute approximate surface area is 132 Å². The summed E-state index contributed by atoms with van der Waals surface area (Å²) >= 11 is 0. The standard InChI is InChI=1S/C15H24N2O4S/c1-12(2)11-17(22(4,19)20)9-8-15(18)16-13-6-5-7-14(10-13)21-3/h5-7,10,12H,8-9,11H2,1-4H3,(H,16,18). The van der Waals surface area contributed by atoms with E-state index < -0.39 is 10.0 Å². The second-order valence-corrected chi connectivity index (χ2v) is 7.53. The van der Waals surface area contributed by atoms with Crippen LogP contribution in [0.4, 0.5) is 5.69 Å². The molecule has 0 aliphatic rings. The van der Waals surface area contributed by atoms with Gasteiger partial charge in [0.25, 0.3) is 0 Å². The van der Waals surface area contributed by atoms with Gasteiger partial charge in [-0.1, -0.05) is 19.9 Å². The number of benzene rings is 1. The van der Waals surface area contributed by atoms with Crippen LogP contribution < -0.4 is 10.1 Å². The molecule has 7 heteroatoms. The molecular formula is C15H24N2O4S. The third-order valence-corrected chi connectivity index (χ3v) is 4.25. The fraction of sp³-hybridized carbons (Fsp3) is 0.533. The molecule has 0 unspecified atom stereocenters. The first kappa shape index (κ1) is 18.4. The third kappa shape index (κ3) is 6.44. The molecule has 0 aliphatic carbocycles. The molecule has 1 amide bonds. The van der Waals surface area contributed by atoms with Crippen LogP contribution in [0, 0.1) is 5.92 Å². The minimum Gasteiger partial charge on any atom is -0.497 e. The van der Waals surface area contributed by atoms with Crippen LogP contribution in [-0.2, 0) is 14.8 Å². The second-order valence-electron chi connectivity index (χ2n) is 5.54. The number of amides is 1. The fourth-order valence-corrected chi connectivity index (χ4v) is 2.94. The van der Waals surface area contributed by atoms with Crippen molar-refractivity contribution >= 4 is 21.6 Å². The van der Waals surface area contributed by atoms with Gasteiger partial charge in [-0.15, -0.1) is 0 Å². The Kier molecular flexibility index (Phi) is 6.83. The number of methoxy groups -OCH3 is 1. The number of hydrogen-bond acceptors (Lipinski definition) is 4. The number of anilines is 1. The predicted molar refractivity (Wildman–Crippen MR) is 87.5 cm³/mol. The van der Waals surface area contributed by atoms with Crippen molar-refractivity contribution in [3.63, 3.8) is 0 Å². The van der Waals surface area contributed by atoms with Crippen molar-refractivity contribution in [3.8, 4) is 5.75 Å². The zero-order valence-electron chi connectivity index (χ0n) is 13.5. The number of carbonyl (C=O) groups is 1. The van der Waals surface area contributed by atoms with Gasteiger partial charge >= 0.3 is 0 Å². The Morgan fingerprint density at radius 1 is 1.36 bits per heavy atom. The Morgan fingerprint density at radius 2 is 2.05 bits per heavy atom. The van der Waals surface area contributed by atoms with Gasteiger partial charge in [-0.2, -0.15) is 0 Å². The van der Waals surface area contributed by atoms with E-state index in [0.29, 0.717) is 18.0 Å². The quantitative estimate of drug-likeness (QED) is 0.791. The Balaban J connectivity index is 2.60. The average Bonchev–Trinajstić information content (AvgIpc) is 2.42. The molecule has 0 saturated heterocycles. The Hall–Kier alpha value is -1.60. The normalized spacial score (nSPS) is 11.7. The van der Waals surface area contributed by atoms with Crippen molar-refractivity contribution in [3.05, 3.63) is 24.3 Å². The van der Waals surface area contributed by atoms with Crippen LogP contribution in [0.5, 0.6) is 5.75 Å². The van der Waals surface area contributed by atoms with Gasteiger partial charge < -0.3 is 10.1 Å². The third-order valence-electron chi connectivity index (χ3n) is 2.98. The molecule has 0 spiro atoms. The smallest absolute Gasteiger partial charge is 0.225 e. The van der Waals surface area contributed by atoms with Crippen LogP contribution in [0.15, 0.2) is 24.3 Å². The zero-order chi connectivity index (χ0) is 16.8. The number of ether oxygens (including phenoxy) is 1. The average molecular weight is 328 g/mol. The van der Waals surface area contributed by atoms with Crippen LogP contribution in [0.2, 0.25) is 0 Å². The number of rotatable bonds is 8. The lowest BCUT2D eigenvalue weighted by Gasteiger charge is -2.21. The molecule has 0 saturated carbocycles. The summed E-state index contributed by atoms with van der Waals surface area (Å²) in [5.41, 5.74) is 0.624. The highest BCUT2D eigenvalue weighted by molar-refractivity contribution is 7.88. The van der Waals surface area contributed by atoms with Crippen LogP contribution >= 0.6 is 0 Å². The highest BCUT2D eigenvalue weighted by Gasteiger charge is 2.18. The molecule has 1 aromatic carbocycles. The molecule has 124 valence electrons. The van der Waals surface area contributed by atoms with Gasteiger partial charge in [-0.05, 0) is 18.1 Å². The second kappa shape index (κ2) is 8.14. The fourth-order valence-electron chi connectivity index (χ4n) is 1.95. The lowest BCUT2D eigenvalue weighted by atomic mass is 10.2. The van der Waals surface area contributed by atoms with E-state index in [9.17, 15) is 13.2 Å². The monoisotopic (exact) mass is 328 g/mol. The van der Waals surface area contributed by atoms with Gasteiger partial charge in [0.1, 0.15) is 5.75 Å². The number of nitrogens with zero attached hydrogens (tertiary/aromatic N) is 1. The molecule has 0 aromatic heterocycles. The van der Waals surface area contributed by atoms with Crippen molar-refractivity contribution in [2.45, 2.75) is 20.3 Å². The maximum absolute atomic E-state index is 12.0. The van der Waals surface area contributed by atoms with Gasteiger partial charge in [0, 0.05) is 31.3 Å². The van der Waals surface area contributed by atoms with Gasteiger partial charge in [0.15, 0.2) is 0 Å². The molecule has 1 rings (SSSR count). The SMILES string of the molecule is COc1cccc(NC(=O)CCN(CC(C)C)S(C)(=O)=O)c1. The molecule has 0 radical (unpaired) electrons. The molecule has 0 bridgehead atoms. The van der Waals surface area contributed by atoms with Gasteiger partial charge in [-0.25, -0.2) is 12.7 Å². The molecule has 0 heterocycles. The summed E-state index contributed by atoms with van der Waals surface area (Å²) in [6, 6.07) is 7.02. The summed E-state index contributed by atoms with van der Waals surface area (Å²) in [5.74, 6) is 0.622. The van der Waals surface area contributed by atoms with Crippen LogP contribution in [0.3, 0.4) is 0 Å². The molecule has 0 fully saturated rings. The molecule has 6 nitrogen and oxygen atoms in total. The van der Waals surface area contributed by atoms with E-state index in [4.69, 9.17) is 4.74 Å². The Morgan fingerprint density at radius 3 is 2.59 bits per heavy atom. The van der Waals surface area contributed by atoms with E-state index in [1.165, 1.54) is 4.31 Å². The highest BCUT2D eigenvalue weighted by atomic mass is 32.2.